The molecule has 1 aromatic heterocycles. The number of aromatic nitrogens is 1. The smallest absolute Gasteiger partial charge is 0.352 e. The van der Waals surface area contributed by atoms with Gasteiger partial charge in [-0.25, -0.2) is 17.6 Å². The Morgan fingerprint density at radius 3 is 2.37 bits per heavy atom. The van der Waals surface area contributed by atoms with Crippen LogP contribution in [0.25, 0.3) is 22.0 Å². The standard InChI is InChI=1S/C26H25FN2O5S/c1-35(32,33)15-20-10-9-18(11-22(20)27)23-21-4-2-3-19(24(21)29-25(23)26(30)31)14-34-13-17-7-5-16(12-28)6-8-17/h2-11,29H,12-15,28H2,1H3,(H,30,31). The Hall–Kier alpha value is -3.53. The Labute approximate surface area is 202 Å². The van der Waals surface area contributed by atoms with E-state index < -0.39 is 27.4 Å². The SMILES string of the molecule is CS(=O)(=O)Cc1ccc(-c2c(C(=O)O)[nH]c3c(COCc4ccc(CN)cc4)cccc23)cc1F. The number of aromatic amines is 1. The van der Waals surface area contributed by atoms with Gasteiger partial charge in [-0.3, -0.25) is 0 Å². The fraction of sp³-hybridized carbons (Fsp3) is 0.192. The van der Waals surface area contributed by atoms with Crippen LogP contribution in [0.3, 0.4) is 0 Å². The summed E-state index contributed by atoms with van der Waals surface area (Å²) in [5.74, 6) is -2.34. The highest BCUT2D eigenvalue weighted by Crippen LogP contribution is 2.35. The van der Waals surface area contributed by atoms with Gasteiger partial charge in [0.2, 0.25) is 0 Å². The van der Waals surface area contributed by atoms with Crippen LogP contribution < -0.4 is 5.73 Å². The number of halogens is 1. The van der Waals surface area contributed by atoms with Crippen molar-refractivity contribution in [3.63, 3.8) is 0 Å². The van der Waals surface area contributed by atoms with Crippen LogP contribution in [0.4, 0.5) is 4.39 Å². The lowest BCUT2D eigenvalue weighted by molar-refractivity contribution is 0.0692. The third-order valence-corrected chi connectivity index (χ3v) is 6.51. The van der Waals surface area contributed by atoms with Crippen LogP contribution in [0.15, 0.2) is 60.7 Å². The molecule has 0 bridgehead atoms. The van der Waals surface area contributed by atoms with E-state index >= 15 is 0 Å². The first-order valence-corrected chi connectivity index (χ1v) is 12.9. The molecular weight excluding hydrogens is 471 g/mol. The number of aromatic carboxylic acids is 1. The first-order chi connectivity index (χ1) is 16.7. The summed E-state index contributed by atoms with van der Waals surface area (Å²) < 4.78 is 43.7. The molecule has 35 heavy (non-hydrogen) atoms. The third kappa shape index (κ3) is 5.59. The molecule has 0 fully saturated rings. The van der Waals surface area contributed by atoms with Crippen LogP contribution >= 0.6 is 0 Å². The molecule has 0 radical (unpaired) electrons. The van der Waals surface area contributed by atoms with Gasteiger partial charge in [0.1, 0.15) is 11.5 Å². The van der Waals surface area contributed by atoms with Gasteiger partial charge in [0, 0.05) is 34.9 Å². The van der Waals surface area contributed by atoms with Gasteiger partial charge in [-0.2, -0.15) is 0 Å². The molecular formula is C26H25FN2O5S. The third-order valence-electron chi connectivity index (χ3n) is 5.68. The maximum atomic E-state index is 14.7. The van der Waals surface area contributed by atoms with Gasteiger partial charge in [0.25, 0.3) is 0 Å². The molecule has 0 saturated heterocycles. The van der Waals surface area contributed by atoms with Gasteiger partial charge in [0.15, 0.2) is 9.84 Å². The number of H-pyrrole nitrogens is 1. The quantitative estimate of drug-likeness (QED) is 0.316. The Kier molecular flexibility index (Phi) is 7.02. The number of fused-ring (bicyclic) bond motifs is 1. The zero-order valence-corrected chi connectivity index (χ0v) is 19.9. The molecule has 1 heterocycles. The van der Waals surface area contributed by atoms with Crippen LogP contribution in [0, 0.1) is 5.82 Å². The van der Waals surface area contributed by atoms with E-state index in [1.807, 2.05) is 30.3 Å². The van der Waals surface area contributed by atoms with Crippen molar-refractivity contribution in [1.82, 2.24) is 4.98 Å². The number of carboxylic acids is 1. The van der Waals surface area contributed by atoms with Crippen LogP contribution in [0.5, 0.6) is 0 Å². The van der Waals surface area contributed by atoms with E-state index in [1.165, 1.54) is 18.2 Å². The first kappa shape index (κ1) is 24.6. The van der Waals surface area contributed by atoms with Crippen molar-refractivity contribution in [3.05, 3.63) is 94.4 Å². The summed E-state index contributed by atoms with van der Waals surface area (Å²) in [7, 11) is -3.42. The van der Waals surface area contributed by atoms with Crippen molar-refractivity contribution in [2.24, 2.45) is 5.73 Å². The summed E-state index contributed by atoms with van der Waals surface area (Å²) in [5.41, 5.74) is 9.58. The van der Waals surface area contributed by atoms with Crippen LogP contribution in [0.1, 0.15) is 32.7 Å². The summed E-state index contributed by atoms with van der Waals surface area (Å²) >= 11 is 0. The molecule has 4 aromatic rings. The fourth-order valence-corrected chi connectivity index (χ4v) is 4.81. The van der Waals surface area contributed by atoms with E-state index in [-0.39, 0.29) is 17.9 Å². The van der Waals surface area contributed by atoms with Gasteiger partial charge in [-0.05, 0) is 22.8 Å². The summed E-state index contributed by atoms with van der Waals surface area (Å²) in [6.07, 6.45) is 1.03. The summed E-state index contributed by atoms with van der Waals surface area (Å²) in [4.78, 5) is 15.0. The maximum Gasteiger partial charge on any atom is 0.352 e. The molecule has 4 N–H and O–H groups in total. The molecule has 7 nitrogen and oxygen atoms in total. The van der Waals surface area contributed by atoms with Crippen LogP contribution in [-0.4, -0.2) is 30.7 Å². The van der Waals surface area contributed by atoms with Crippen molar-refractivity contribution in [3.8, 4) is 11.1 Å². The number of para-hydroxylation sites is 1. The molecule has 9 heteroatoms. The van der Waals surface area contributed by atoms with Crippen LogP contribution in [0.2, 0.25) is 0 Å². The monoisotopic (exact) mass is 496 g/mol. The topological polar surface area (TPSA) is 122 Å². The predicted octanol–water partition coefficient (Wildman–Crippen LogP) is 4.39. The summed E-state index contributed by atoms with van der Waals surface area (Å²) in [6, 6.07) is 17.2. The van der Waals surface area contributed by atoms with Gasteiger partial charge >= 0.3 is 5.97 Å². The highest BCUT2D eigenvalue weighted by atomic mass is 32.2. The largest absolute Gasteiger partial charge is 0.477 e. The number of ether oxygens (including phenoxy) is 1. The molecule has 3 aromatic carbocycles. The van der Waals surface area contributed by atoms with E-state index in [0.29, 0.717) is 35.2 Å². The normalized spacial score (nSPS) is 11.7. The van der Waals surface area contributed by atoms with Crippen LogP contribution in [-0.2, 0) is 40.1 Å². The van der Waals surface area contributed by atoms with Crippen molar-refractivity contribution < 1.29 is 27.4 Å². The molecule has 182 valence electrons. The number of nitrogens with one attached hydrogen (secondary N) is 1. The predicted molar refractivity (Wildman–Crippen MR) is 132 cm³/mol. The highest BCUT2D eigenvalue weighted by molar-refractivity contribution is 7.89. The Morgan fingerprint density at radius 1 is 1.03 bits per heavy atom. The highest BCUT2D eigenvalue weighted by Gasteiger charge is 2.21. The molecule has 4 rings (SSSR count). The van der Waals surface area contributed by atoms with Gasteiger partial charge < -0.3 is 20.6 Å². The number of carboxylic acid groups (broad SMARTS) is 1. The molecule has 0 saturated carbocycles. The number of rotatable bonds is 9. The van der Waals surface area contributed by atoms with E-state index in [9.17, 15) is 22.7 Å². The Balaban J connectivity index is 1.66. The number of nitrogens with two attached hydrogens (primary N) is 1. The van der Waals surface area contributed by atoms with Gasteiger partial charge in [0.05, 0.1) is 24.5 Å². The second kappa shape index (κ2) is 9.99. The second-order valence-electron chi connectivity index (χ2n) is 8.41. The Bertz CT molecular complexity index is 1490. The minimum atomic E-state index is -3.42. The second-order valence-corrected chi connectivity index (χ2v) is 10.5. The number of hydrogen-bond acceptors (Lipinski definition) is 5. The van der Waals surface area contributed by atoms with E-state index in [0.717, 1.165) is 22.9 Å². The molecule has 0 aliphatic heterocycles. The molecule has 0 aliphatic rings. The average molecular weight is 497 g/mol. The van der Waals surface area contributed by atoms with E-state index in [1.54, 1.807) is 12.1 Å². The lowest BCUT2D eigenvalue weighted by Crippen LogP contribution is -2.03. The Morgan fingerprint density at radius 2 is 1.74 bits per heavy atom. The van der Waals surface area contributed by atoms with E-state index in [4.69, 9.17) is 10.5 Å². The van der Waals surface area contributed by atoms with Crippen molar-refractivity contribution in [2.45, 2.75) is 25.5 Å². The average Bonchev–Trinajstić information content (AvgIpc) is 3.21. The number of sulfone groups is 1. The molecule has 0 spiro atoms. The fourth-order valence-electron chi connectivity index (χ4n) is 4.01. The molecule has 0 amide bonds. The van der Waals surface area contributed by atoms with Crippen molar-refractivity contribution >= 4 is 26.7 Å². The maximum absolute atomic E-state index is 14.7. The summed E-state index contributed by atoms with van der Waals surface area (Å²) in [5, 5.41) is 10.4. The van der Waals surface area contributed by atoms with Crippen molar-refractivity contribution in [2.75, 3.05) is 6.26 Å². The zero-order chi connectivity index (χ0) is 25.2. The summed E-state index contributed by atoms with van der Waals surface area (Å²) in [6.45, 7) is 1.07. The molecule has 0 aliphatic carbocycles. The molecule has 0 atom stereocenters. The van der Waals surface area contributed by atoms with Crippen molar-refractivity contribution in [1.29, 1.82) is 0 Å². The minimum absolute atomic E-state index is 0.0292. The lowest BCUT2D eigenvalue weighted by Gasteiger charge is -2.08. The van der Waals surface area contributed by atoms with E-state index in [2.05, 4.69) is 4.98 Å². The van der Waals surface area contributed by atoms with Gasteiger partial charge in [-0.15, -0.1) is 0 Å². The lowest BCUT2D eigenvalue weighted by atomic mass is 9.99. The zero-order valence-electron chi connectivity index (χ0n) is 19.0. The molecule has 0 unspecified atom stereocenters. The number of hydrogen-bond donors (Lipinski definition) is 3. The minimum Gasteiger partial charge on any atom is -0.477 e. The number of carbonyl (C=O) groups is 1. The first-order valence-electron chi connectivity index (χ1n) is 10.9. The number of benzene rings is 3. The van der Waals surface area contributed by atoms with Gasteiger partial charge in [-0.1, -0.05) is 54.6 Å².